The molecule has 2 heterocycles. The van der Waals surface area contributed by atoms with Gasteiger partial charge in [-0.2, -0.15) is 11.8 Å². The normalized spacial score (nSPS) is 24.5. The molecule has 2 atom stereocenters. The Morgan fingerprint density at radius 3 is 2.95 bits per heavy atom. The lowest BCUT2D eigenvalue weighted by Crippen LogP contribution is -2.44. The molecule has 0 aliphatic carbocycles. The Hall–Kier alpha value is -1.36. The second-order valence-electron chi connectivity index (χ2n) is 5.52. The Morgan fingerprint density at radius 2 is 2.19 bits per heavy atom. The number of hydrogen-bond donors (Lipinski definition) is 2. The van der Waals surface area contributed by atoms with Crippen molar-refractivity contribution in [1.29, 1.82) is 0 Å². The van der Waals surface area contributed by atoms with E-state index in [-0.39, 0.29) is 6.10 Å². The Bertz CT molecular complexity index is 475. The second-order valence-corrected chi connectivity index (χ2v) is 6.93. The van der Waals surface area contributed by atoms with E-state index in [2.05, 4.69) is 39.5 Å². The van der Waals surface area contributed by atoms with Crippen molar-refractivity contribution in [2.75, 3.05) is 25.9 Å². The van der Waals surface area contributed by atoms with Gasteiger partial charge in [-0.15, -0.1) is 0 Å². The summed E-state index contributed by atoms with van der Waals surface area (Å²) in [5.74, 6) is 3.20. The van der Waals surface area contributed by atoms with E-state index in [1.807, 2.05) is 19.2 Å². The first-order valence-electron chi connectivity index (χ1n) is 7.66. The number of para-hydroxylation sites is 1. The van der Waals surface area contributed by atoms with Gasteiger partial charge in [0.05, 0.1) is 6.54 Å². The highest BCUT2D eigenvalue weighted by Crippen LogP contribution is 2.27. The SMILES string of the molecule is CN=C(NCC1Cc2ccccc2O1)NCC1CCCS1. The van der Waals surface area contributed by atoms with Crippen LogP contribution >= 0.6 is 11.8 Å². The third kappa shape index (κ3) is 3.84. The number of thioether (sulfide) groups is 1. The summed E-state index contributed by atoms with van der Waals surface area (Å²) in [5, 5.41) is 7.53. The highest BCUT2D eigenvalue weighted by Gasteiger charge is 2.22. The van der Waals surface area contributed by atoms with Crippen LogP contribution in [0, 0.1) is 0 Å². The van der Waals surface area contributed by atoms with Crippen LogP contribution < -0.4 is 15.4 Å². The second kappa shape index (κ2) is 7.07. The average Bonchev–Trinajstić information content (AvgIpc) is 3.16. The number of nitrogens with one attached hydrogen (secondary N) is 2. The van der Waals surface area contributed by atoms with Gasteiger partial charge in [0.25, 0.3) is 0 Å². The predicted octanol–water partition coefficient (Wildman–Crippen LogP) is 2.05. The Kier molecular flexibility index (Phi) is 4.91. The molecule has 3 rings (SSSR count). The zero-order valence-electron chi connectivity index (χ0n) is 12.5. The van der Waals surface area contributed by atoms with E-state index in [1.54, 1.807) is 0 Å². The van der Waals surface area contributed by atoms with Crippen molar-refractivity contribution in [3.05, 3.63) is 29.8 Å². The molecule has 4 nitrogen and oxygen atoms in total. The van der Waals surface area contributed by atoms with Gasteiger partial charge in [-0.1, -0.05) is 18.2 Å². The lowest BCUT2D eigenvalue weighted by molar-refractivity contribution is 0.235. The molecule has 0 aromatic heterocycles. The molecule has 2 unspecified atom stereocenters. The molecule has 0 spiro atoms. The highest BCUT2D eigenvalue weighted by molar-refractivity contribution is 8.00. The summed E-state index contributed by atoms with van der Waals surface area (Å²) >= 11 is 2.06. The van der Waals surface area contributed by atoms with Gasteiger partial charge in [-0.25, -0.2) is 0 Å². The van der Waals surface area contributed by atoms with E-state index in [9.17, 15) is 0 Å². The van der Waals surface area contributed by atoms with Crippen molar-refractivity contribution in [3.63, 3.8) is 0 Å². The molecule has 1 aromatic rings. The minimum atomic E-state index is 0.196. The van der Waals surface area contributed by atoms with Crippen LogP contribution in [0.3, 0.4) is 0 Å². The molecule has 1 aromatic carbocycles. The van der Waals surface area contributed by atoms with Crippen molar-refractivity contribution < 1.29 is 4.74 Å². The van der Waals surface area contributed by atoms with Gasteiger partial charge >= 0.3 is 0 Å². The Balaban J connectivity index is 1.42. The molecule has 21 heavy (non-hydrogen) atoms. The molecular weight excluding hydrogens is 282 g/mol. The van der Waals surface area contributed by atoms with E-state index in [0.717, 1.165) is 36.5 Å². The number of hydrogen-bond acceptors (Lipinski definition) is 3. The van der Waals surface area contributed by atoms with E-state index >= 15 is 0 Å². The summed E-state index contributed by atoms with van der Waals surface area (Å²) in [6, 6.07) is 8.27. The zero-order chi connectivity index (χ0) is 14.5. The summed E-state index contributed by atoms with van der Waals surface area (Å²) in [7, 11) is 1.82. The van der Waals surface area contributed by atoms with Gasteiger partial charge in [-0.3, -0.25) is 4.99 Å². The number of ether oxygens (including phenoxy) is 1. The smallest absolute Gasteiger partial charge is 0.191 e. The van der Waals surface area contributed by atoms with Crippen LogP contribution in [0.1, 0.15) is 18.4 Å². The topological polar surface area (TPSA) is 45.7 Å². The summed E-state index contributed by atoms with van der Waals surface area (Å²) in [5.41, 5.74) is 1.30. The molecule has 1 saturated heterocycles. The number of aliphatic imine (C=N–C) groups is 1. The molecule has 0 amide bonds. The van der Waals surface area contributed by atoms with E-state index in [4.69, 9.17) is 4.74 Å². The minimum absolute atomic E-state index is 0.196. The average molecular weight is 305 g/mol. The van der Waals surface area contributed by atoms with Crippen LogP contribution in [0.2, 0.25) is 0 Å². The first-order chi connectivity index (χ1) is 10.3. The third-order valence-electron chi connectivity index (χ3n) is 3.96. The molecular formula is C16H23N3OS. The maximum Gasteiger partial charge on any atom is 0.191 e. The first kappa shape index (κ1) is 14.6. The van der Waals surface area contributed by atoms with Crippen molar-refractivity contribution in [2.24, 2.45) is 4.99 Å². The molecule has 114 valence electrons. The predicted molar refractivity (Wildman–Crippen MR) is 89.4 cm³/mol. The fraction of sp³-hybridized carbons (Fsp3) is 0.562. The van der Waals surface area contributed by atoms with E-state index in [0.29, 0.717) is 0 Å². The monoisotopic (exact) mass is 305 g/mol. The molecule has 0 bridgehead atoms. The van der Waals surface area contributed by atoms with Gasteiger partial charge in [0.1, 0.15) is 11.9 Å². The summed E-state index contributed by atoms with van der Waals surface area (Å²) in [4.78, 5) is 4.29. The maximum atomic E-state index is 5.93. The van der Waals surface area contributed by atoms with Gasteiger partial charge in [0.15, 0.2) is 5.96 Å². The van der Waals surface area contributed by atoms with Crippen LogP contribution in [-0.2, 0) is 6.42 Å². The lowest BCUT2D eigenvalue weighted by Gasteiger charge is -2.17. The maximum absolute atomic E-state index is 5.93. The van der Waals surface area contributed by atoms with Crippen LogP contribution in [-0.4, -0.2) is 43.2 Å². The fourth-order valence-corrected chi connectivity index (χ4v) is 4.02. The number of nitrogens with zero attached hydrogens (tertiary/aromatic N) is 1. The van der Waals surface area contributed by atoms with Crippen LogP contribution in [0.4, 0.5) is 0 Å². The summed E-state index contributed by atoms with van der Waals surface area (Å²) < 4.78 is 5.93. The lowest BCUT2D eigenvalue weighted by atomic mass is 10.1. The standard InChI is InChI=1S/C16H23N3OS/c1-17-16(19-11-14-6-4-8-21-14)18-10-13-9-12-5-2-3-7-15(12)20-13/h2-3,5,7,13-14H,4,6,8-11H2,1H3,(H2,17,18,19). The number of benzene rings is 1. The number of fused-ring (bicyclic) bond motifs is 1. The van der Waals surface area contributed by atoms with Gasteiger partial charge in [-0.05, 0) is 30.2 Å². The van der Waals surface area contributed by atoms with Crippen molar-refractivity contribution >= 4 is 17.7 Å². The van der Waals surface area contributed by atoms with Crippen molar-refractivity contribution in [3.8, 4) is 5.75 Å². The van der Waals surface area contributed by atoms with Crippen molar-refractivity contribution in [1.82, 2.24) is 10.6 Å². The van der Waals surface area contributed by atoms with Gasteiger partial charge < -0.3 is 15.4 Å². The van der Waals surface area contributed by atoms with Gasteiger partial charge in [0, 0.05) is 25.3 Å². The van der Waals surface area contributed by atoms with Crippen LogP contribution in [0.5, 0.6) is 5.75 Å². The third-order valence-corrected chi connectivity index (χ3v) is 5.35. The highest BCUT2D eigenvalue weighted by atomic mass is 32.2. The van der Waals surface area contributed by atoms with Gasteiger partial charge in [0.2, 0.25) is 0 Å². The quantitative estimate of drug-likeness (QED) is 0.660. The number of guanidine groups is 1. The largest absolute Gasteiger partial charge is 0.488 e. The molecule has 2 N–H and O–H groups in total. The first-order valence-corrected chi connectivity index (χ1v) is 8.70. The summed E-state index contributed by atoms with van der Waals surface area (Å²) in [6.07, 6.45) is 3.83. The Morgan fingerprint density at radius 1 is 1.33 bits per heavy atom. The van der Waals surface area contributed by atoms with Crippen molar-refractivity contribution in [2.45, 2.75) is 30.6 Å². The molecule has 0 saturated carbocycles. The van der Waals surface area contributed by atoms with Crippen LogP contribution in [0.25, 0.3) is 0 Å². The van der Waals surface area contributed by atoms with Crippen LogP contribution in [0.15, 0.2) is 29.3 Å². The molecule has 5 heteroatoms. The fourth-order valence-electron chi connectivity index (χ4n) is 2.81. The van der Waals surface area contributed by atoms with E-state index in [1.165, 1.54) is 24.2 Å². The molecule has 1 fully saturated rings. The summed E-state index contributed by atoms with van der Waals surface area (Å²) in [6.45, 7) is 1.78. The molecule has 2 aliphatic heterocycles. The minimum Gasteiger partial charge on any atom is -0.488 e. The number of rotatable bonds is 4. The Labute approximate surface area is 130 Å². The molecule has 2 aliphatic rings. The zero-order valence-corrected chi connectivity index (χ0v) is 13.3. The van der Waals surface area contributed by atoms with E-state index < -0.39 is 0 Å². The molecule has 0 radical (unpaired) electrons.